The number of ether oxygens (including phenoxy) is 1. The van der Waals surface area contributed by atoms with E-state index in [1.54, 1.807) is 23.1 Å². The van der Waals surface area contributed by atoms with Gasteiger partial charge < -0.3 is 15.0 Å². The average Bonchev–Trinajstić information content (AvgIpc) is 2.55. The van der Waals surface area contributed by atoms with Crippen molar-refractivity contribution in [3.05, 3.63) is 35.6 Å². The fourth-order valence-electron chi connectivity index (χ4n) is 2.02. The molecule has 7 heteroatoms. The molecule has 1 fully saturated rings. The van der Waals surface area contributed by atoms with Gasteiger partial charge in [-0.25, -0.2) is 4.39 Å². The summed E-state index contributed by atoms with van der Waals surface area (Å²) in [4.78, 5) is 25.3. The molecule has 0 aliphatic carbocycles. The molecule has 0 bridgehead atoms. The number of nitrogens with one attached hydrogen (secondary N) is 1. The maximum absolute atomic E-state index is 13.4. The van der Waals surface area contributed by atoms with Gasteiger partial charge in [0.2, 0.25) is 11.8 Å². The smallest absolute Gasteiger partial charge is 0.232 e. The molecule has 1 aliphatic rings. The first-order valence-electron chi connectivity index (χ1n) is 7.10. The summed E-state index contributed by atoms with van der Waals surface area (Å²) in [6.45, 7) is 2.51. The number of halogens is 1. The Morgan fingerprint density at radius 3 is 2.68 bits per heavy atom. The second kappa shape index (κ2) is 8.75. The molecule has 0 spiro atoms. The first kappa shape index (κ1) is 16.8. The molecule has 2 amide bonds. The highest BCUT2D eigenvalue weighted by Gasteiger charge is 2.16. The molecule has 120 valence electrons. The molecule has 0 atom stereocenters. The van der Waals surface area contributed by atoms with E-state index in [0.29, 0.717) is 31.9 Å². The molecule has 0 unspecified atom stereocenters. The summed E-state index contributed by atoms with van der Waals surface area (Å²) < 4.78 is 18.6. The lowest BCUT2D eigenvalue weighted by Crippen LogP contribution is -2.41. The van der Waals surface area contributed by atoms with E-state index in [-0.39, 0.29) is 35.7 Å². The fourth-order valence-corrected chi connectivity index (χ4v) is 2.77. The van der Waals surface area contributed by atoms with Crippen molar-refractivity contribution < 1.29 is 18.7 Å². The van der Waals surface area contributed by atoms with Gasteiger partial charge in [0.1, 0.15) is 5.82 Å². The zero-order valence-corrected chi connectivity index (χ0v) is 13.0. The highest BCUT2D eigenvalue weighted by atomic mass is 32.2. The molecule has 1 N–H and O–H groups in total. The first-order chi connectivity index (χ1) is 10.7. The average molecular weight is 326 g/mol. The lowest BCUT2D eigenvalue weighted by atomic mass is 10.2. The van der Waals surface area contributed by atoms with Crippen LogP contribution in [0.25, 0.3) is 0 Å². The molecular weight excluding hydrogens is 307 g/mol. The zero-order valence-electron chi connectivity index (χ0n) is 12.2. The number of carbonyl (C=O) groups excluding carboxylic acids is 2. The van der Waals surface area contributed by atoms with E-state index in [1.807, 2.05) is 0 Å². The van der Waals surface area contributed by atoms with E-state index in [1.165, 1.54) is 17.8 Å². The van der Waals surface area contributed by atoms with Crippen LogP contribution in [0.5, 0.6) is 0 Å². The van der Waals surface area contributed by atoms with Gasteiger partial charge in [-0.1, -0.05) is 18.2 Å². The second-order valence-electron chi connectivity index (χ2n) is 4.85. The molecule has 0 radical (unpaired) electrons. The van der Waals surface area contributed by atoms with E-state index in [9.17, 15) is 14.0 Å². The number of carbonyl (C=O) groups is 2. The summed E-state index contributed by atoms with van der Waals surface area (Å²) in [7, 11) is 0. The van der Waals surface area contributed by atoms with Gasteiger partial charge in [-0.2, -0.15) is 0 Å². The van der Waals surface area contributed by atoms with E-state index >= 15 is 0 Å². The predicted molar refractivity (Wildman–Crippen MR) is 83.0 cm³/mol. The third-order valence-electron chi connectivity index (χ3n) is 3.26. The molecule has 5 nitrogen and oxygen atoms in total. The van der Waals surface area contributed by atoms with Crippen LogP contribution in [-0.2, 0) is 20.9 Å². The van der Waals surface area contributed by atoms with Gasteiger partial charge in [0.05, 0.1) is 24.7 Å². The number of nitrogens with zero attached hydrogens (tertiary/aromatic N) is 1. The van der Waals surface area contributed by atoms with Crippen LogP contribution in [0, 0.1) is 5.82 Å². The quantitative estimate of drug-likeness (QED) is 0.848. The number of benzene rings is 1. The van der Waals surface area contributed by atoms with Gasteiger partial charge >= 0.3 is 0 Å². The fraction of sp³-hybridized carbons (Fsp3) is 0.467. The Bertz CT molecular complexity index is 521. The van der Waals surface area contributed by atoms with Gasteiger partial charge in [-0.05, 0) is 6.07 Å². The van der Waals surface area contributed by atoms with E-state index in [2.05, 4.69) is 5.32 Å². The van der Waals surface area contributed by atoms with Crippen molar-refractivity contribution in [2.45, 2.75) is 6.54 Å². The van der Waals surface area contributed by atoms with E-state index in [4.69, 9.17) is 4.74 Å². The minimum atomic E-state index is -0.335. The lowest BCUT2D eigenvalue weighted by Gasteiger charge is -2.26. The number of hydrogen-bond acceptors (Lipinski definition) is 4. The van der Waals surface area contributed by atoms with Crippen LogP contribution in [0.2, 0.25) is 0 Å². The molecule has 2 rings (SSSR count). The maximum atomic E-state index is 13.4. The normalized spacial score (nSPS) is 14.7. The number of hydrogen-bond donors (Lipinski definition) is 1. The maximum Gasteiger partial charge on any atom is 0.232 e. The van der Waals surface area contributed by atoms with Gasteiger partial charge in [-0.15, -0.1) is 11.8 Å². The summed E-state index contributed by atoms with van der Waals surface area (Å²) in [6, 6.07) is 6.32. The van der Waals surface area contributed by atoms with Crippen molar-refractivity contribution >= 4 is 23.6 Å². The van der Waals surface area contributed by atoms with Crippen molar-refractivity contribution in [2.75, 3.05) is 37.8 Å². The molecule has 1 aromatic rings. The minimum absolute atomic E-state index is 0.0233. The highest BCUT2D eigenvalue weighted by molar-refractivity contribution is 8.00. The predicted octanol–water partition coefficient (Wildman–Crippen LogP) is 1.03. The van der Waals surface area contributed by atoms with Crippen LogP contribution in [-0.4, -0.2) is 54.5 Å². The highest BCUT2D eigenvalue weighted by Crippen LogP contribution is 2.07. The van der Waals surface area contributed by atoms with E-state index < -0.39 is 0 Å². The molecule has 1 aliphatic heterocycles. The Hall–Kier alpha value is -1.60. The molecule has 1 saturated heterocycles. The van der Waals surface area contributed by atoms with Crippen LogP contribution >= 0.6 is 11.8 Å². The van der Waals surface area contributed by atoms with Crippen molar-refractivity contribution in [1.29, 1.82) is 0 Å². The van der Waals surface area contributed by atoms with Crippen LogP contribution < -0.4 is 5.32 Å². The molecule has 0 saturated carbocycles. The number of thioether (sulfide) groups is 1. The molecule has 0 aromatic heterocycles. The number of amides is 2. The molecule has 1 heterocycles. The van der Waals surface area contributed by atoms with Gasteiger partial charge in [-0.3, -0.25) is 9.59 Å². The second-order valence-corrected chi connectivity index (χ2v) is 5.84. The Balaban J connectivity index is 1.63. The Kier molecular flexibility index (Phi) is 6.67. The standard InChI is InChI=1S/C15H19FN2O3S/c16-13-4-2-1-3-12(13)9-17-14(19)10-22-11-15(20)18-5-7-21-8-6-18/h1-4H,5-11H2,(H,17,19). The summed E-state index contributed by atoms with van der Waals surface area (Å²) in [5.74, 6) is -0.0614. The van der Waals surface area contributed by atoms with Crippen LogP contribution in [0.15, 0.2) is 24.3 Å². The van der Waals surface area contributed by atoms with Crippen LogP contribution in [0.4, 0.5) is 4.39 Å². The lowest BCUT2D eigenvalue weighted by molar-refractivity contribution is -0.132. The Morgan fingerprint density at radius 1 is 1.23 bits per heavy atom. The van der Waals surface area contributed by atoms with Gasteiger partial charge in [0.25, 0.3) is 0 Å². The van der Waals surface area contributed by atoms with E-state index in [0.717, 1.165) is 0 Å². The molecule has 1 aromatic carbocycles. The van der Waals surface area contributed by atoms with Crippen molar-refractivity contribution in [1.82, 2.24) is 10.2 Å². The van der Waals surface area contributed by atoms with Crippen molar-refractivity contribution in [2.24, 2.45) is 0 Å². The summed E-state index contributed by atoms with van der Waals surface area (Å²) in [6.07, 6.45) is 0. The summed E-state index contributed by atoms with van der Waals surface area (Å²) in [5, 5.41) is 2.65. The monoisotopic (exact) mass is 326 g/mol. The largest absolute Gasteiger partial charge is 0.378 e. The Morgan fingerprint density at radius 2 is 1.95 bits per heavy atom. The topological polar surface area (TPSA) is 58.6 Å². The van der Waals surface area contributed by atoms with Crippen molar-refractivity contribution in [3.63, 3.8) is 0 Å². The third-order valence-corrected chi connectivity index (χ3v) is 4.17. The molecular formula is C15H19FN2O3S. The van der Waals surface area contributed by atoms with Crippen LogP contribution in [0.1, 0.15) is 5.56 Å². The molecule has 22 heavy (non-hydrogen) atoms. The third kappa shape index (κ3) is 5.31. The van der Waals surface area contributed by atoms with Crippen LogP contribution in [0.3, 0.4) is 0 Å². The Labute approximate surface area is 133 Å². The SMILES string of the molecule is O=C(CSCC(=O)N1CCOCC1)NCc1ccccc1F. The van der Waals surface area contributed by atoms with Gasteiger partial charge in [0.15, 0.2) is 0 Å². The van der Waals surface area contributed by atoms with Gasteiger partial charge in [0, 0.05) is 25.2 Å². The zero-order chi connectivity index (χ0) is 15.8. The summed E-state index contributed by atoms with van der Waals surface area (Å²) >= 11 is 1.26. The first-order valence-corrected chi connectivity index (χ1v) is 8.25. The number of morpholine rings is 1. The summed E-state index contributed by atoms with van der Waals surface area (Å²) in [5.41, 5.74) is 0.449. The minimum Gasteiger partial charge on any atom is -0.378 e. The number of rotatable bonds is 6. The van der Waals surface area contributed by atoms with Crippen molar-refractivity contribution in [3.8, 4) is 0 Å².